The van der Waals surface area contributed by atoms with Crippen LogP contribution in [0.4, 0.5) is 0 Å². The summed E-state index contributed by atoms with van der Waals surface area (Å²) < 4.78 is 5.55. The largest absolute Gasteiger partial charge is 0.390 e. The maximum absolute atomic E-state index is 10.00. The number of hydrogen-bond acceptors (Lipinski definition) is 3. The summed E-state index contributed by atoms with van der Waals surface area (Å²) in [5.74, 6) is 0.503. The Morgan fingerprint density at radius 3 is 3.13 bits per heavy atom. The Morgan fingerprint density at radius 2 is 2.53 bits per heavy atom. The van der Waals surface area contributed by atoms with E-state index < -0.39 is 0 Å². The van der Waals surface area contributed by atoms with E-state index in [1.54, 1.807) is 11.3 Å². The molecule has 1 aromatic rings. The lowest BCUT2D eigenvalue weighted by Gasteiger charge is -2.20. The van der Waals surface area contributed by atoms with Crippen LogP contribution >= 0.6 is 11.3 Å². The van der Waals surface area contributed by atoms with Crippen molar-refractivity contribution in [3.8, 4) is 0 Å². The monoisotopic (exact) mass is 226 g/mol. The highest BCUT2D eigenvalue weighted by Gasteiger charge is 2.30. The molecule has 15 heavy (non-hydrogen) atoms. The van der Waals surface area contributed by atoms with E-state index >= 15 is 0 Å². The van der Waals surface area contributed by atoms with Crippen molar-refractivity contribution in [3.05, 3.63) is 22.4 Å². The van der Waals surface area contributed by atoms with E-state index in [1.165, 1.54) is 4.88 Å². The molecule has 0 aromatic carbocycles. The zero-order valence-corrected chi connectivity index (χ0v) is 9.87. The van der Waals surface area contributed by atoms with Gasteiger partial charge in [-0.05, 0) is 36.6 Å². The molecule has 1 aromatic heterocycles. The number of aliphatic hydroxyl groups excluding tert-OH is 1. The van der Waals surface area contributed by atoms with Crippen molar-refractivity contribution in [3.63, 3.8) is 0 Å². The first kappa shape index (κ1) is 11.1. The lowest BCUT2D eigenvalue weighted by atomic mass is 9.96. The minimum atomic E-state index is -0.301. The highest BCUT2D eigenvalue weighted by Crippen LogP contribution is 2.25. The van der Waals surface area contributed by atoms with Gasteiger partial charge in [-0.15, -0.1) is 11.3 Å². The third-order valence-electron chi connectivity index (χ3n) is 3.09. The fourth-order valence-corrected chi connectivity index (χ4v) is 2.84. The molecule has 1 aliphatic heterocycles. The third kappa shape index (κ3) is 2.80. The quantitative estimate of drug-likeness (QED) is 0.854. The molecule has 1 saturated heterocycles. The summed E-state index contributed by atoms with van der Waals surface area (Å²) >= 11 is 1.76. The molecule has 0 spiro atoms. The Hall–Kier alpha value is -0.380. The third-order valence-corrected chi connectivity index (χ3v) is 4.03. The van der Waals surface area contributed by atoms with Crippen molar-refractivity contribution in [2.75, 3.05) is 6.61 Å². The first-order valence-corrected chi connectivity index (χ1v) is 6.47. The van der Waals surface area contributed by atoms with E-state index in [0.29, 0.717) is 5.92 Å². The molecule has 1 fully saturated rings. The second kappa shape index (κ2) is 5.10. The van der Waals surface area contributed by atoms with Crippen LogP contribution < -0.4 is 0 Å². The minimum Gasteiger partial charge on any atom is -0.390 e. The Labute approximate surface area is 94.9 Å². The summed E-state index contributed by atoms with van der Waals surface area (Å²) in [7, 11) is 0. The van der Waals surface area contributed by atoms with Crippen LogP contribution in [-0.2, 0) is 11.2 Å². The van der Waals surface area contributed by atoms with Gasteiger partial charge in [-0.1, -0.05) is 13.0 Å². The molecule has 84 valence electrons. The van der Waals surface area contributed by atoms with Crippen LogP contribution in [0.2, 0.25) is 0 Å². The van der Waals surface area contributed by atoms with E-state index in [1.807, 2.05) is 0 Å². The van der Waals surface area contributed by atoms with E-state index in [2.05, 4.69) is 24.4 Å². The van der Waals surface area contributed by atoms with Gasteiger partial charge in [0.25, 0.3) is 0 Å². The van der Waals surface area contributed by atoms with Crippen molar-refractivity contribution in [1.82, 2.24) is 0 Å². The fourth-order valence-electron chi connectivity index (χ4n) is 2.12. The van der Waals surface area contributed by atoms with Gasteiger partial charge in [0.05, 0.1) is 12.2 Å². The van der Waals surface area contributed by atoms with Crippen LogP contribution in [0.25, 0.3) is 0 Å². The molecule has 0 amide bonds. The average Bonchev–Trinajstić information content (AvgIpc) is 2.84. The van der Waals surface area contributed by atoms with Gasteiger partial charge in [0.1, 0.15) is 0 Å². The van der Waals surface area contributed by atoms with Gasteiger partial charge in [0.15, 0.2) is 0 Å². The standard InChI is InChI=1S/C12H18O2S/c1-9-6-7-14-12(9)11(13)5-4-10-3-2-8-15-10/h2-3,8-9,11-13H,4-7H2,1H3. The number of thiophene rings is 1. The van der Waals surface area contributed by atoms with E-state index in [0.717, 1.165) is 25.9 Å². The predicted octanol–water partition coefficient (Wildman–Crippen LogP) is 2.47. The van der Waals surface area contributed by atoms with E-state index in [4.69, 9.17) is 4.74 Å². The molecule has 1 N–H and O–H groups in total. The van der Waals surface area contributed by atoms with Gasteiger partial charge in [0, 0.05) is 11.5 Å². The fraction of sp³-hybridized carbons (Fsp3) is 0.667. The molecule has 0 saturated carbocycles. The lowest BCUT2D eigenvalue weighted by Crippen LogP contribution is -2.30. The Bertz CT molecular complexity index is 284. The van der Waals surface area contributed by atoms with Crippen LogP contribution in [0.5, 0.6) is 0 Å². The van der Waals surface area contributed by atoms with Crippen LogP contribution in [0, 0.1) is 5.92 Å². The van der Waals surface area contributed by atoms with Crippen molar-refractivity contribution >= 4 is 11.3 Å². The van der Waals surface area contributed by atoms with Gasteiger partial charge in [-0.25, -0.2) is 0 Å². The van der Waals surface area contributed by atoms with Gasteiger partial charge in [0.2, 0.25) is 0 Å². The predicted molar refractivity (Wildman–Crippen MR) is 62.2 cm³/mol. The van der Waals surface area contributed by atoms with Gasteiger partial charge in [-0.3, -0.25) is 0 Å². The molecular formula is C12H18O2S. The number of aliphatic hydroxyl groups is 1. The molecule has 0 bridgehead atoms. The van der Waals surface area contributed by atoms with Gasteiger partial charge in [-0.2, -0.15) is 0 Å². The molecular weight excluding hydrogens is 208 g/mol. The van der Waals surface area contributed by atoms with Gasteiger partial charge < -0.3 is 9.84 Å². The van der Waals surface area contributed by atoms with Crippen molar-refractivity contribution in [2.24, 2.45) is 5.92 Å². The maximum Gasteiger partial charge on any atom is 0.0860 e. The summed E-state index contributed by atoms with van der Waals surface area (Å²) in [6.07, 6.45) is 2.62. The molecule has 3 heteroatoms. The second-order valence-electron chi connectivity index (χ2n) is 4.29. The Morgan fingerprint density at radius 1 is 1.67 bits per heavy atom. The van der Waals surface area contributed by atoms with Crippen LogP contribution in [0.1, 0.15) is 24.6 Å². The molecule has 0 radical (unpaired) electrons. The molecule has 1 aliphatic rings. The smallest absolute Gasteiger partial charge is 0.0860 e. The lowest BCUT2D eigenvalue weighted by molar-refractivity contribution is -0.0197. The molecule has 2 rings (SSSR count). The molecule has 3 atom stereocenters. The van der Waals surface area contributed by atoms with Crippen LogP contribution in [0.3, 0.4) is 0 Å². The Kier molecular flexibility index (Phi) is 3.78. The number of ether oxygens (including phenoxy) is 1. The average molecular weight is 226 g/mol. The van der Waals surface area contributed by atoms with E-state index in [9.17, 15) is 5.11 Å². The summed E-state index contributed by atoms with van der Waals surface area (Å²) in [5, 5.41) is 12.1. The van der Waals surface area contributed by atoms with Crippen molar-refractivity contribution in [2.45, 2.75) is 38.4 Å². The number of aryl methyl sites for hydroxylation is 1. The van der Waals surface area contributed by atoms with Gasteiger partial charge >= 0.3 is 0 Å². The molecule has 2 nitrogen and oxygen atoms in total. The highest BCUT2D eigenvalue weighted by atomic mass is 32.1. The normalized spacial score (nSPS) is 28.1. The SMILES string of the molecule is CC1CCOC1C(O)CCc1cccs1. The zero-order valence-electron chi connectivity index (χ0n) is 9.06. The van der Waals surface area contributed by atoms with E-state index in [-0.39, 0.29) is 12.2 Å². The van der Waals surface area contributed by atoms with Crippen molar-refractivity contribution < 1.29 is 9.84 Å². The second-order valence-corrected chi connectivity index (χ2v) is 5.32. The first-order chi connectivity index (χ1) is 7.27. The first-order valence-electron chi connectivity index (χ1n) is 5.59. The topological polar surface area (TPSA) is 29.5 Å². The summed E-state index contributed by atoms with van der Waals surface area (Å²) in [6.45, 7) is 2.97. The summed E-state index contributed by atoms with van der Waals surface area (Å²) in [5.41, 5.74) is 0. The van der Waals surface area contributed by atoms with Crippen molar-refractivity contribution in [1.29, 1.82) is 0 Å². The number of rotatable bonds is 4. The van der Waals surface area contributed by atoms with Crippen LogP contribution in [-0.4, -0.2) is 23.9 Å². The molecule has 2 heterocycles. The summed E-state index contributed by atoms with van der Waals surface area (Å²) in [6, 6.07) is 4.18. The summed E-state index contributed by atoms with van der Waals surface area (Å²) in [4.78, 5) is 1.35. The minimum absolute atomic E-state index is 0.0602. The molecule has 0 aliphatic carbocycles. The zero-order chi connectivity index (χ0) is 10.7. The Balaban J connectivity index is 1.79. The number of hydrogen-bond donors (Lipinski definition) is 1. The molecule has 3 unspecified atom stereocenters. The highest BCUT2D eigenvalue weighted by molar-refractivity contribution is 7.09. The maximum atomic E-state index is 10.00. The van der Waals surface area contributed by atoms with Crippen LogP contribution in [0.15, 0.2) is 17.5 Å².